The first-order chi connectivity index (χ1) is 13.1. The van der Waals surface area contributed by atoms with Crippen LogP contribution in [-0.4, -0.2) is 25.8 Å². The molecule has 3 N–H and O–H groups in total. The number of nitrogens with two attached hydrogens (primary N) is 1. The van der Waals surface area contributed by atoms with E-state index in [9.17, 15) is 0 Å². The molecule has 5 nitrogen and oxygen atoms in total. The van der Waals surface area contributed by atoms with Crippen LogP contribution in [0.1, 0.15) is 30.0 Å². The number of nitrogens with zero attached hydrogens (tertiary/aromatic N) is 1. The average Bonchev–Trinajstić information content (AvgIpc) is 3.19. The number of hydrogen-bond acceptors (Lipinski definition) is 3. The van der Waals surface area contributed by atoms with Gasteiger partial charge in [0.15, 0.2) is 5.96 Å². The van der Waals surface area contributed by atoms with Crippen LogP contribution in [0.2, 0.25) is 0 Å². The van der Waals surface area contributed by atoms with E-state index in [4.69, 9.17) is 15.2 Å². The highest BCUT2D eigenvalue weighted by atomic mass is 127. The van der Waals surface area contributed by atoms with Crippen molar-refractivity contribution >= 4 is 35.6 Å². The maximum absolute atomic E-state index is 6.08. The molecule has 1 unspecified atom stereocenters. The van der Waals surface area contributed by atoms with E-state index >= 15 is 0 Å². The lowest BCUT2D eigenvalue weighted by molar-refractivity contribution is 0.166. The van der Waals surface area contributed by atoms with Crippen LogP contribution in [0.4, 0.5) is 5.69 Å². The van der Waals surface area contributed by atoms with Crippen molar-refractivity contribution in [3.05, 3.63) is 59.2 Å². The van der Waals surface area contributed by atoms with Crippen LogP contribution in [0.25, 0.3) is 0 Å². The van der Waals surface area contributed by atoms with Crippen molar-refractivity contribution in [3.63, 3.8) is 0 Å². The number of benzene rings is 2. The molecule has 3 rings (SSSR count). The van der Waals surface area contributed by atoms with Gasteiger partial charge < -0.3 is 20.5 Å². The third kappa shape index (κ3) is 6.67. The zero-order chi connectivity index (χ0) is 19.1. The Labute approximate surface area is 184 Å². The normalized spacial score (nSPS) is 16.5. The van der Waals surface area contributed by atoms with Gasteiger partial charge in [0.2, 0.25) is 0 Å². The van der Waals surface area contributed by atoms with Crippen molar-refractivity contribution in [1.29, 1.82) is 0 Å². The molecule has 1 saturated heterocycles. The summed E-state index contributed by atoms with van der Waals surface area (Å²) in [6.07, 6.45) is 2.05. The van der Waals surface area contributed by atoms with Crippen LogP contribution in [-0.2, 0) is 17.7 Å². The molecule has 6 heteroatoms. The molecule has 0 aliphatic carbocycles. The molecule has 1 atom stereocenters. The first-order valence-corrected chi connectivity index (χ1v) is 9.60. The predicted molar refractivity (Wildman–Crippen MR) is 126 cm³/mol. The van der Waals surface area contributed by atoms with Crippen molar-refractivity contribution < 1.29 is 9.47 Å². The van der Waals surface area contributed by atoms with E-state index in [0.717, 1.165) is 43.1 Å². The Bertz CT molecular complexity index is 789. The molecule has 0 radical (unpaired) electrons. The van der Waals surface area contributed by atoms with E-state index in [2.05, 4.69) is 54.5 Å². The summed E-state index contributed by atoms with van der Waals surface area (Å²) in [4.78, 5) is 4.49. The van der Waals surface area contributed by atoms with E-state index in [0.29, 0.717) is 25.0 Å². The highest BCUT2D eigenvalue weighted by Crippen LogP contribution is 2.23. The summed E-state index contributed by atoms with van der Waals surface area (Å²) in [5.74, 6) is 1.75. The van der Waals surface area contributed by atoms with Crippen molar-refractivity contribution in [3.8, 4) is 5.75 Å². The molecule has 1 aliphatic heterocycles. The van der Waals surface area contributed by atoms with E-state index in [1.54, 1.807) is 0 Å². The van der Waals surface area contributed by atoms with E-state index < -0.39 is 0 Å². The summed E-state index contributed by atoms with van der Waals surface area (Å²) in [6.45, 7) is 6.97. The van der Waals surface area contributed by atoms with E-state index in [-0.39, 0.29) is 24.0 Å². The second-order valence-electron chi connectivity index (χ2n) is 7.03. The van der Waals surface area contributed by atoms with Crippen LogP contribution in [0, 0.1) is 12.8 Å². The fourth-order valence-electron chi connectivity index (χ4n) is 3.08. The number of nitrogens with one attached hydrogen (secondary N) is 1. The van der Waals surface area contributed by atoms with Gasteiger partial charge in [-0.05, 0) is 49.1 Å². The Hall–Kier alpha value is -1.80. The first-order valence-electron chi connectivity index (χ1n) is 9.60. The lowest BCUT2D eigenvalue weighted by atomic mass is 10.1. The number of aryl methyl sites for hydroxylation is 2. The Kier molecular flexibility index (Phi) is 9.05. The second-order valence-corrected chi connectivity index (χ2v) is 7.03. The number of ether oxygens (including phenoxy) is 2. The molecular formula is C22H30IN3O2. The van der Waals surface area contributed by atoms with Gasteiger partial charge in [0.05, 0.1) is 19.8 Å². The van der Waals surface area contributed by atoms with Gasteiger partial charge in [-0.2, -0.15) is 0 Å². The third-order valence-corrected chi connectivity index (χ3v) is 4.75. The fourth-order valence-corrected chi connectivity index (χ4v) is 3.08. The summed E-state index contributed by atoms with van der Waals surface area (Å²) in [5.41, 5.74) is 10.5. The largest absolute Gasteiger partial charge is 0.493 e. The van der Waals surface area contributed by atoms with Crippen molar-refractivity contribution in [1.82, 2.24) is 0 Å². The van der Waals surface area contributed by atoms with Gasteiger partial charge in [-0.1, -0.05) is 31.2 Å². The standard InChI is InChI=1S/C22H29N3O2.HI/c1-3-17-5-4-6-20(12-17)25-22(23)24-13-19-8-7-16(2)11-21(19)27-15-18-9-10-26-14-18;/h4-8,11-12,18H,3,9-10,13-15H2,1-2H3,(H3,23,24,25);1H. The van der Waals surface area contributed by atoms with Crippen LogP contribution in [0.15, 0.2) is 47.5 Å². The zero-order valence-corrected chi connectivity index (χ0v) is 18.9. The Morgan fingerprint density at radius 3 is 2.89 bits per heavy atom. The summed E-state index contributed by atoms with van der Waals surface area (Å²) in [7, 11) is 0. The van der Waals surface area contributed by atoms with Gasteiger partial charge >= 0.3 is 0 Å². The van der Waals surface area contributed by atoms with Crippen molar-refractivity contribution in [2.75, 3.05) is 25.1 Å². The summed E-state index contributed by atoms with van der Waals surface area (Å²) in [6, 6.07) is 14.4. The van der Waals surface area contributed by atoms with Crippen LogP contribution in [0.5, 0.6) is 5.75 Å². The molecule has 0 aromatic heterocycles. The van der Waals surface area contributed by atoms with Crippen LogP contribution >= 0.6 is 24.0 Å². The van der Waals surface area contributed by atoms with Crippen molar-refractivity contribution in [2.45, 2.75) is 33.2 Å². The molecule has 2 aromatic rings. The molecule has 0 amide bonds. The van der Waals surface area contributed by atoms with Crippen LogP contribution < -0.4 is 15.8 Å². The number of guanidine groups is 1. The monoisotopic (exact) mass is 495 g/mol. The van der Waals surface area contributed by atoms with E-state index in [1.807, 2.05) is 12.1 Å². The fraction of sp³-hybridized carbons (Fsp3) is 0.409. The Morgan fingerprint density at radius 2 is 2.14 bits per heavy atom. The Morgan fingerprint density at radius 1 is 1.29 bits per heavy atom. The average molecular weight is 495 g/mol. The minimum atomic E-state index is 0. The summed E-state index contributed by atoms with van der Waals surface area (Å²) in [5, 5.41) is 3.16. The first kappa shape index (κ1) is 22.5. The topological polar surface area (TPSA) is 68.9 Å². The smallest absolute Gasteiger partial charge is 0.193 e. The minimum absolute atomic E-state index is 0. The molecule has 0 saturated carbocycles. The Balaban J connectivity index is 0.00000280. The highest BCUT2D eigenvalue weighted by Gasteiger charge is 2.17. The summed E-state index contributed by atoms with van der Waals surface area (Å²) < 4.78 is 11.5. The molecule has 1 fully saturated rings. The quantitative estimate of drug-likeness (QED) is 0.337. The van der Waals surface area contributed by atoms with Gasteiger partial charge in [0.1, 0.15) is 5.75 Å². The summed E-state index contributed by atoms with van der Waals surface area (Å²) >= 11 is 0. The van der Waals surface area contributed by atoms with Crippen LogP contribution in [0.3, 0.4) is 0 Å². The number of hydrogen-bond donors (Lipinski definition) is 2. The predicted octanol–water partition coefficient (Wildman–Crippen LogP) is 4.52. The molecule has 0 spiro atoms. The van der Waals surface area contributed by atoms with Gasteiger partial charge in [0, 0.05) is 23.8 Å². The van der Waals surface area contributed by atoms with E-state index in [1.165, 1.54) is 11.1 Å². The van der Waals surface area contributed by atoms with Gasteiger partial charge in [-0.15, -0.1) is 24.0 Å². The molecule has 152 valence electrons. The maximum Gasteiger partial charge on any atom is 0.193 e. The SMILES string of the molecule is CCc1cccc(NC(N)=NCc2ccc(C)cc2OCC2CCOC2)c1.I. The number of anilines is 1. The minimum Gasteiger partial charge on any atom is -0.493 e. The zero-order valence-electron chi connectivity index (χ0n) is 16.6. The lowest BCUT2D eigenvalue weighted by Gasteiger charge is -2.14. The second kappa shape index (κ2) is 11.3. The third-order valence-electron chi connectivity index (χ3n) is 4.75. The van der Waals surface area contributed by atoms with Gasteiger partial charge in [0.25, 0.3) is 0 Å². The number of halogens is 1. The lowest BCUT2D eigenvalue weighted by Crippen LogP contribution is -2.22. The maximum atomic E-state index is 6.08. The molecule has 2 aromatic carbocycles. The molecular weight excluding hydrogens is 465 g/mol. The van der Waals surface area contributed by atoms with Crippen molar-refractivity contribution in [2.24, 2.45) is 16.6 Å². The van der Waals surface area contributed by atoms with Gasteiger partial charge in [-0.25, -0.2) is 4.99 Å². The molecule has 28 heavy (non-hydrogen) atoms. The molecule has 1 heterocycles. The molecule has 1 aliphatic rings. The highest BCUT2D eigenvalue weighted by molar-refractivity contribution is 14.0. The number of aliphatic imine (C=N–C) groups is 1. The number of rotatable bonds is 7. The van der Waals surface area contributed by atoms with Gasteiger partial charge in [-0.3, -0.25) is 0 Å². The molecule has 0 bridgehead atoms.